The minimum atomic E-state index is -0.412. The Kier molecular flexibility index (Phi) is 5.54. The van der Waals surface area contributed by atoms with Gasteiger partial charge in [0.1, 0.15) is 0 Å². The zero-order valence-electron chi connectivity index (χ0n) is 9.52. The van der Waals surface area contributed by atoms with Crippen molar-refractivity contribution >= 4 is 21.6 Å². The summed E-state index contributed by atoms with van der Waals surface area (Å²) in [6.07, 6.45) is 0.250. The monoisotopic (exact) mass is 302 g/mol. The number of aliphatic hydroxyl groups excluding tert-OH is 1. The molecule has 1 rings (SSSR count). The first kappa shape index (κ1) is 14.1. The Morgan fingerprint density at radius 3 is 2.88 bits per heavy atom. The average molecular weight is 303 g/mol. The van der Waals surface area contributed by atoms with Gasteiger partial charge in [0, 0.05) is 29.2 Å². The van der Waals surface area contributed by atoms with E-state index in [2.05, 4.69) is 21.2 Å². The van der Waals surface area contributed by atoms with Crippen LogP contribution in [0.2, 0.25) is 0 Å². The van der Waals surface area contributed by atoms with Gasteiger partial charge < -0.3 is 10.4 Å². The minimum Gasteiger partial charge on any atom is -0.392 e. The highest BCUT2D eigenvalue weighted by molar-refractivity contribution is 9.10. The number of nitro benzene ring substituents is 1. The molecular weight excluding hydrogens is 288 g/mol. The number of hydrogen-bond donors (Lipinski definition) is 2. The maximum Gasteiger partial charge on any atom is 0.275 e. The molecular formula is C11H15BrN2O3. The predicted molar refractivity (Wildman–Crippen MR) is 68.8 cm³/mol. The quantitative estimate of drug-likeness (QED) is 0.624. The third kappa shape index (κ3) is 4.41. The fraction of sp³-hybridized carbons (Fsp3) is 0.455. The Morgan fingerprint density at radius 2 is 2.29 bits per heavy atom. The molecule has 1 unspecified atom stereocenters. The lowest BCUT2D eigenvalue weighted by Gasteiger charge is -2.09. The van der Waals surface area contributed by atoms with Gasteiger partial charge in [-0.15, -0.1) is 0 Å². The Hall–Kier alpha value is -0.980. The highest BCUT2D eigenvalue weighted by Gasteiger charge is 2.13. The molecule has 1 aromatic rings. The van der Waals surface area contributed by atoms with Crippen LogP contribution >= 0.6 is 15.9 Å². The molecule has 0 aromatic heterocycles. The fourth-order valence-electron chi connectivity index (χ4n) is 1.37. The van der Waals surface area contributed by atoms with Gasteiger partial charge >= 0.3 is 0 Å². The van der Waals surface area contributed by atoms with Gasteiger partial charge in [-0.1, -0.05) is 22.9 Å². The number of nitro groups is 1. The molecule has 0 fully saturated rings. The van der Waals surface area contributed by atoms with Gasteiger partial charge in [-0.2, -0.15) is 0 Å². The van der Waals surface area contributed by atoms with Gasteiger partial charge in [-0.05, 0) is 18.6 Å². The second-order valence-corrected chi connectivity index (χ2v) is 4.64. The highest BCUT2D eigenvalue weighted by Crippen LogP contribution is 2.23. The first-order valence-electron chi connectivity index (χ1n) is 5.36. The summed E-state index contributed by atoms with van der Waals surface area (Å²) in [5, 5.41) is 23.2. The van der Waals surface area contributed by atoms with Gasteiger partial charge in [-0.25, -0.2) is 0 Å². The third-order valence-electron chi connectivity index (χ3n) is 2.41. The van der Waals surface area contributed by atoms with Crippen molar-refractivity contribution in [3.63, 3.8) is 0 Å². The number of benzene rings is 1. The van der Waals surface area contributed by atoms with E-state index < -0.39 is 11.0 Å². The van der Waals surface area contributed by atoms with E-state index in [0.29, 0.717) is 29.5 Å². The Bertz CT molecular complexity index is 398. The second kappa shape index (κ2) is 6.68. The van der Waals surface area contributed by atoms with Crippen molar-refractivity contribution in [1.82, 2.24) is 5.32 Å². The molecule has 2 N–H and O–H groups in total. The molecule has 0 heterocycles. The van der Waals surface area contributed by atoms with E-state index in [1.165, 1.54) is 6.07 Å². The molecule has 5 nitrogen and oxygen atoms in total. The van der Waals surface area contributed by atoms with Crippen LogP contribution < -0.4 is 5.32 Å². The zero-order chi connectivity index (χ0) is 12.8. The lowest BCUT2D eigenvalue weighted by atomic mass is 10.2. The SMILES string of the molecule is CCC(O)CNCc1ccc(Br)cc1[N+](=O)[O-]. The van der Waals surface area contributed by atoms with E-state index >= 15 is 0 Å². The molecule has 0 radical (unpaired) electrons. The lowest BCUT2D eigenvalue weighted by Crippen LogP contribution is -2.25. The summed E-state index contributed by atoms with van der Waals surface area (Å²) in [4.78, 5) is 10.4. The van der Waals surface area contributed by atoms with Crippen LogP contribution in [0, 0.1) is 10.1 Å². The largest absolute Gasteiger partial charge is 0.392 e. The molecule has 0 saturated carbocycles. The number of nitrogens with one attached hydrogen (secondary N) is 1. The van der Waals surface area contributed by atoms with Gasteiger partial charge in [0.2, 0.25) is 0 Å². The van der Waals surface area contributed by atoms with E-state index in [-0.39, 0.29) is 5.69 Å². The molecule has 0 bridgehead atoms. The molecule has 0 amide bonds. The van der Waals surface area contributed by atoms with Gasteiger partial charge in [0.05, 0.1) is 11.0 Å². The Labute approximate surface area is 108 Å². The molecule has 0 aliphatic rings. The Morgan fingerprint density at radius 1 is 1.59 bits per heavy atom. The number of rotatable bonds is 6. The summed E-state index contributed by atoms with van der Waals surface area (Å²) >= 11 is 3.20. The van der Waals surface area contributed by atoms with Crippen LogP contribution in [0.15, 0.2) is 22.7 Å². The molecule has 0 aliphatic heterocycles. The maximum absolute atomic E-state index is 10.8. The van der Waals surface area contributed by atoms with E-state index in [0.717, 1.165) is 0 Å². The van der Waals surface area contributed by atoms with Gasteiger partial charge in [0.25, 0.3) is 5.69 Å². The zero-order valence-corrected chi connectivity index (χ0v) is 11.1. The predicted octanol–water partition coefficient (Wildman–Crippen LogP) is 2.22. The molecule has 6 heteroatoms. The standard InChI is InChI=1S/C11H15BrN2O3/c1-2-10(15)7-13-6-8-3-4-9(12)5-11(8)14(16)17/h3-5,10,13,15H,2,6-7H2,1H3. The van der Waals surface area contributed by atoms with Crippen molar-refractivity contribution in [1.29, 1.82) is 0 Å². The molecule has 94 valence electrons. The van der Waals surface area contributed by atoms with Crippen molar-refractivity contribution in [2.24, 2.45) is 0 Å². The van der Waals surface area contributed by atoms with Crippen LogP contribution in [0.5, 0.6) is 0 Å². The molecule has 0 aliphatic carbocycles. The third-order valence-corrected chi connectivity index (χ3v) is 2.90. The van der Waals surface area contributed by atoms with Crippen molar-refractivity contribution in [3.8, 4) is 0 Å². The topological polar surface area (TPSA) is 75.4 Å². The lowest BCUT2D eigenvalue weighted by molar-refractivity contribution is -0.385. The number of halogens is 1. The molecule has 0 spiro atoms. The van der Waals surface area contributed by atoms with Crippen LogP contribution in [0.4, 0.5) is 5.69 Å². The summed E-state index contributed by atoms with van der Waals surface area (Å²) in [7, 11) is 0. The summed E-state index contributed by atoms with van der Waals surface area (Å²) in [6.45, 7) is 2.69. The molecule has 1 atom stereocenters. The van der Waals surface area contributed by atoms with Crippen molar-refractivity contribution < 1.29 is 10.0 Å². The number of hydrogen-bond acceptors (Lipinski definition) is 4. The first-order valence-corrected chi connectivity index (χ1v) is 6.15. The maximum atomic E-state index is 10.8. The summed E-state index contributed by atoms with van der Waals surface area (Å²) in [5.41, 5.74) is 0.694. The molecule has 17 heavy (non-hydrogen) atoms. The van der Waals surface area contributed by atoms with Gasteiger partial charge in [0.15, 0.2) is 0 Å². The van der Waals surface area contributed by atoms with Crippen molar-refractivity contribution in [2.45, 2.75) is 26.0 Å². The van der Waals surface area contributed by atoms with Crippen LogP contribution in [0.25, 0.3) is 0 Å². The van der Waals surface area contributed by atoms with Crippen LogP contribution in [-0.4, -0.2) is 22.7 Å². The summed E-state index contributed by atoms with van der Waals surface area (Å²) < 4.78 is 0.682. The molecule has 1 aromatic carbocycles. The second-order valence-electron chi connectivity index (χ2n) is 3.72. The smallest absolute Gasteiger partial charge is 0.275 e. The van der Waals surface area contributed by atoms with Crippen molar-refractivity contribution in [2.75, 3.05) is 6.54 Å². The minimum absolute atomic E-state index is 0.0814. The van der Waals surface area contributed by atoms with Gasteiger partial charge in [-0.3, -0.25) is 10.1 Å². The van der Waals surface area contributed by atoms with E-state index in [1.54, 1.807) is 12.1 Å². The highest BCUT2D eigenvalue weighted by atomic mass is 79.9. The average Bonchev–Trinajstić information content (AvgIpc) is 2.30. The van der Waals surface area contributed by atoms with Crippen LogP contribution in [0.1, 0.15) is 18.9 Å². The normalized spacial score (nSPS) is 12.4. The van der Waals surface area contributed by atoms with Crippen molar-refractivity contribution in [3.05, 3.63) is 38.3 Å². The van der Waals surface area contributed by atoms with E-state index in [9.17, 15) is 15.2 Å². The van der Waals surface area contributed by atoms with Crippen LogP contribution in [0.3, 0.4) is 0 Å². The number of aliphatic hydroxyl groups is 1. The summed E-state index contributed by atoms with van der Waals surface area (Å²) in [6, 6.07) is 4.95. The first-order chi connectivity index (χ1) is 8.04. The molecule has 0 saturated heterocycles. The Balaban J connectivity index is 2.67. The number of nitrogens with zero attached hydrogens (tertiary/aromatic N) is 1. The van der Waals surface area contributed by atoms with E-state index in [4.69, 9.17) is 0 Å². The summed E-state index contributed by atoms with van der Waals surface area (Å²) in [5.74, 6) is 0. The van der Waals surface area contributed by atoms with Crippen LogP contribution in [-0.2, 0) is 6.54 Å². The van der Waals surface area contributed by atoms with E-state index in [1.807, 2.05) is 6.92 Å². The fourth-order valence-corrected chi connectivity index (χ4v) is 1.72.